The topological polar surface area (TPSA) is 118 Å². The second kappa shape index (κ2) is 10.8. The molecule has 0 spiro atoms. The largest absolute Gasteiger partial charge is 0.508 e. The van der Waals surface area contributed by atoms with Gasteiger partial charge in [0.1, 0.15) is 11.6 Å². The number of amides is 1. The number of halogens is 1. The lowest BCUT2D eigenvalue weighted by atomic mass is 9.77. The molecule has 1 saturated heterocycles. The Kier molecular flexibility index (Phi) is 7.38. The molecule has 1 aliphatic heterocycles. The zero-order valence-corrected chi connectivity index (χ0v) is 21.7. The number of para-hydroxylation sites is 1. The molecule has 1 aliphatic rings. The molecule has 4 aromatic carbocycles. The molecule has 0 bridgehead atoms. The minimum atomic E-state index is -4.56. The van der Waals surface area contributed by atoms with E-state index in [4.69, 9.17) is 0 Å². The Hall–Kier alpha value is -3.81. The number of phenols is 1. The Morgan fingerprint density at radius 2 is 1.62 bits per heavy atom. The van der Waals surface area contributed by atoms with Crippen molar-refractivity contribution in [2.24, 2.45) is 5.92 Å². The summed E-state index contributed by atoms with van der Waals surface area (Å²) in [6.07, 6.45) is -0.444. The molecule has 1 heterocycles. The number of phenolic OH excluding ortho intramolecular Hbond substituents is 1. The minimum absolute atomic E-state index is 0.123. The van der Waals surface area contributed by atoms with Gasteiger partial charge in [-0.1, -0.05) is 60.7 Å². The van der Waals surface area contributed by atoms with E-state index in [1.165, 1.54) is 36.4 Å². The normalized spacial score (nSPS) is 18.1. The average molecular weight is 548 g/mol. The van der Waals surface area contributed by atoms with Crippen molar-refractivity contribution >= 4 is 24.5 Å². The van der Waals surface area contributed by atoms with E-state index in [9.17, 15) is 33.7 Å². The maximum Gasteiger partial charge on any atom is 0.356 e. The fraction of sp³-hybridized carbons (Fsp3) is 0.167. The Bertz CT molecular complexity index is 1560. The number of carbonyl (C=O) groups is 1. The van der Waals surface area contributed by atoms with Crippen LogP contribution in [0.25, 0.3) is 11.1 Å². The number of nitrogens with zero attached hydrogens (tertiary/aromatic N) is 1. The highest BCUT2D eigenvalue weighted by molar-refractivity contribution is 7.60. The SMILES string of the molecule is O=C1C(CCC(O)c2cccc(F)c2)C(c2ccc(-c3ccccc3P(=O)(O)O)cc2O)N1c1ccccc1. The molecule has 7 nitrogen and oxygen atoms in total. The lowest BCUT2D eigenvalue weighted by Gasteiger charge is -2.48. The van der Waals surface area contributed by atoms with E-state index in [0.717, 1.165) is 0 Å². The third-order valence-corrected chi connectivity index (χ3v) is 8.13. The van der Waals surface area contributed by atoms with E-state index in [-0.39, 0.29) is 23.4 Å². The van der Waals surface area contributed by atoms with Gasteiger partial charge in [0, 0.05) is 11.3 Å². The van der Waals surface area contributed by atoms with Crippen LogP contribution >= 0.6 is 7.60 Å². The van der Waals surface area contributed by atoms with Crippen LogP contribution < -0.4 is 10.2 Å². The number of aromatic hydroxyl groups is 1. The highest BCUT2D eigenvalue weighted by atomic mass is 31.2. The molecule has 0 aromatic heterocycles. The van der Waals surface area contributed by atoms with E-state index < -0.39 is 31.5 Å². The molecular formula is C30H27FNO6P. The number of anilines is 1. The van der Waals surface area contributed by atoms with Crippen LogP contribution in [0.1, 0.15) is 36.1 Å². The third kappa shape index (κ3) is 5.37. The first-order valence-electron chi connectivity index (χ1n) is 12.4. The Morgan fingerprint density at radius 1 is 0.897 bits per heavy atom. The monoisotopic (exact) mass is 547 g/mol. The summed E-state index contributed by atoms with van der Waals surface area (Å²) in [5, 5.41) is 21.6. The molecule has 4 N–H and O–H groups in total. The predicted molar refractivity (Wildman–Crippen MR) is 146 cm³/mol. The number of hydrogen-bond donors (Lipinski definition) is 4. The first-order valence-corrected chi connectivity index (χ1v) is 14.1. The maximum absolute atomic E-state index is 13.6. The van der Waals surface area contributed by atoms with Gasteiger partial charge in [0.2, 0.25) is 5.91 Å². The highest BCUT2D eigenvalue weighted by Gasteiger charge is 2.49. The van der Waals surface area contributed by atoms with E-state index in [1.54, 1.807) is 47.4 Å². The van der Waals surface area contributed by atoms with Gasteiger partial charge in [0.15, 0.2) is 0 Å². The van der Waals surface area contributed by atoms with Gasteiger partial charge < -0.3 is 24.9 Å². The number of hydrogen-bond acceptors (Lipinski definition) is 4. The zero-order valence-electron chi connectivity index (χ0n) is 20.8. The number of aliphatic hydroxyl groups is 1. The number of β-lactam (4-membered cyclic amide) rings is 1. The van der Waals surface area contributed by atoms with Crippen molar-refractivity contribution in [3.05, 3.63) is 114 Å². The average Bonchev–Trinajstić information content (AvgIpc) is 2.92. The molecule has 9 heteroatoms. The summed E-state index contributed by atoms with van der Waals surface area (Å²) >= 11 is 0. The lowest BCUT2D eigenvalue weighted by molar-refractivity contribution is -0.131. The summed E-state index contributed by atoms with van der Waals surface area (Å²) in [6, 6.07) is 25.1. The number of carbonyl (C=O) groups excluding carboxylic acids is 1. The van der Waals surface area contributed by atoms with Gasteiger partial charge >= 0.3 is 7.60 Å². The summed E-state index contributed by atoms with van der Waals surface area (Å²) in [4.78, 5) is 34.5. The second-order valence-electron chi connectivity index (χ2n) is 9.58. The van der Waals surface area contributed by atoms with Crippen LogP contribution in [0.2, 0.25) is 0 Å². The van der Waals surface area contributed by atoms with Crippen molar-refractivity contribution in [3.63, 3.8) is 0 Å². The first kappa shape index (κ1) is 26.8. The summed E-state index contributed by atoms with van der Waals surface area (Å²) in [5.74, 6) is -1.28. The maximum atomic E-state index is 13.6. The first-order chi connectivity index (χ1) is 18.6. The van der Waals surface area contributed by atoms with Crippen LogP contribution in [0, 0.1) is 11.7 Å². The number of benzene rings is 4. The van der Waals surface area contributed by atoms with E-state index in [2.05, 4.69) is 0 Å². The Morgan fingerprint density at radius 3 is 2.31 bits per heavy atom. The van der Waals surface area contributed by atoms with Crippen molar-refractivity contribution in [2.75, 3.05) is 4.90 Å². The standard InChI is InChI=1S/C30H27FNO6P/c31-21-8-6-7-20(17-21)26(33)16-15-25-29(32(30(25)35)22-9-2-1-3-10-22)24-14-13-19(18-27(24)34)23-11-4-5-12-28(23)39(36,37)38/h1-14,17-18,25-26,29,33-34H,15-16H2,(H2,36,37,38). The molecule has 39 heavy (non-hydrogen) atoms. The van der Waals surface area contributed by atoms with Crippen LogP contribution in [-0.4, -0.2) is 25.9 Å². The van der Waals surface area contributed by atoms with Gasteiger partial charge in [-0.3, -0.25) is 9.36 Å². The van der Waals surface area contributed by atoms with Gasteiger partial charge in [0.05, 0.1) is 23.4 Å². The van der Waals surface area contributed by atoms with Crippen LogP contribution in [0.3, 0.4) is 0 Å². The highest BCUT2D eigenvalue weighted by Crippen LogP contribution is 2.49. The van der Waals surface area contributed by atoms with Gasteiger partial charge in [-0.2, -0.15) is 0 Å². The summed E-state index contributed by atoms with van der Waals surface area (Å²) in [6.45, 7) is 0. The number of rotatable bonds is 8. The molecule has 5 rings (SSSR count). The van der Waals surface area contributed by atoms with E-state index in [0.29, 0.717) is 34.4 Å². The summed E-state index contributed by atoms with van der Waals surface area (Å²) in [5.41, 5.74) is 2.28. The van der Waals surface area contributed by atoms with E-state index in [1.807, 2.05) is 18.2 Å². The fourth-order valence-corrected chi connectivity index (χ4v) is 6.01. The molecule has 3 unspecified atom stereocenters. The molecule has 200 valence electrons. The smallest absolute Gasteiger partial charge is 0.356 e. The summed E-state index contributed by atoms with van der Waals surface area (Å²) < 4.78 is 25.7. The molecule has 4 aromatic rings. The van der Waals surface area contributed by atoms with Gasteiger partial charge in [-0.15, -0.1) is 0 Å². The second-order valence-corrected chi connectivity index (χ2v) is 11.1. The van der Waals surface area contributed by atoms with Crippen LogP contribution in [0.4, 0.5) is 10.1 Å². The Labute approximate surface area is 225 Å². The Balaban J connectivity index is 1.47. The van der Waals surface area contributed by atoms with Crippen LogP contribution in [0.5, 0.6) is 5.75 Å². The van der Waals surface area contributed by atoms with Crippen molar-refractivity contribution in [2.45, 2.75) is 25.0 Å². The van der Waals surface area contributed by atoms with Crippen molar-refractivity contribution in [1.82, 2.24) is 0 Å². The van der Waals surface area contributed by atoms with Gasteiger partial charge in [-0.25, -0.2) is 4.39 Å². The van der Waals surface area contributed by atoms with E-state index >= 15 is 0 Å². The summed E-state index contributed by atoms with van der Waals surface area (Å²) in [7, 11) is -4.56. The van der Waals surface area contributed by atoms with Gasteiger partial charge in [-0.05, 0) is 65.9 Å². The number of aliphatic hydroxyl groups excluding tert-OH is 1. The molecule has 0 radical (unpaired) electrons. The molecular weight excluding hydrogens is 520 g/mol. The lowest BCUT2D eigenvalue weighted by Crippen LogP contribution is -2.55. The third-order valence-electron chi connectivity index (χ3n) is 7.11. The molecule has 1 amide bonds. The minimum Gasteiger partial charge on any atom is -0.508 e. The molecule has 0 saturated carbocycles. The van der Waals surface area contributed by atoms with Crippen molar-refractivity contribution < 1.29 is 33.7 Å². The van der Waals surface area contributed by atoms with Crippen LogP contribution in [0.15, 0.2) is 97.1 Å². The van der Waals surface area contributed by atoms with Gasteiger partial charge in [0.25, 0.3) is 0 Å². The molecule has 0 aliphatic carbocycles. The molecule has 1 fully saturated rings. The van der Waals surface area contributed by atoms with Crippen molar-refractivity contribution in [1.29, 1.82) is 0 Å². The quantitative estimate of drug-likeness (QED) is 0.178. The van der Waals surface area contributed by atoms with Crippen LogP contribution in [-0.2, 0) is 9.36 Å². The zero-order chi connectivity index (χ0) is 27.7. The molecule has 3 atom stereocenters. The van der Waals surface area contributed by atoms with Crippen molar-refractivity contribution in [3.8, 4) is 16.9 Å². The predicted octanol–water partition coefficient (Wildman–Crippen LogP) is 5.22. The fourth-order valence-electron chi connectivity index (χ4n) is 5.21.